The summed E-state index contributed by atoms with van der Waals surface area (Å²) >= 11 is 23.1. The second-order valence-corrected chi connectivity index (χ2v) is 11.9. The number of carbonyl (C=O) groups excluding carboxylic acids is 1. The van der Waals surface area contributed by atoms with Gasteiger partial charge in [-0.2, -0.15) is 0 Å². The van der Waals surface area contributed by atoms with E-state index in [0.29, 0.717) is 49.9 Å². The fourth-order valence-electron chi connectivity index (χ4n) is 4.00. The number of amides is 1. The molecule has 0 spiro atoms. The summed E-state index contributed by atoms with van der Waals surface area (Å²) in [5.41, 5.74) is 2.61. The fourth-order valence-corrected chi connectivity index (χ4v) is 5.98. The van der Waals surface area contributed by atoms with Crippen LogP contribution in [0.5, 0.6) is 0 Å². The van der Waals surface area contributed by atoms with Gasteiger partial charge in [0.2, 0.25) is 0 Å². The van der Waals surface area contributed by atoms with Crippen molar-refractivity contribution in [2.75, 3.05) is 41.9 Å². The Bertz CT molecular complexity index is 1100. The SMILES string of the molecule is O=C(N1CCN(c2cccc3c2CCN3S(=O)(=O)c2ccc(Cl)cc2)CC1)C(Cl)(Cl)Cl. The predicted octanol–water partition coefficient (Wildman–Crippen LogP) is 4.11. The Kier molecular flexibility index (Phi) is 6.27. The maximum atomic E-state index is 13.2. The summed E-state index contributed by atoms with van der Waals surface area (Å²) in [6, 6.07) is 11.8. The lowest BCUT2D eigenvalue weighted by molar-refractivity contribution is -0.130. The van der Waals surface area contributed by atoms with E-state index in [4.69, 9.17) is 46.4 Å². The van der Waals surface area contributed by atoms with Gasteiger partial charge in [-0.25, -0.2) is 8.42 Å². The molecule has 2 aromatic carbocycles. The van der Waals surface area contributed by atoms with Crippen LogP contribution in [-0.4, -0.2) is 55.7 Å². The summed E-state index contributed by atoms with van der Waals surface area (Å²) < 4.78 is 25.9. The third-order valence-corrected chi connectivity index (χ3v) is 8.08. The van der Waals surface area contributed by atoms with E-state index in [2.05, 4.69) is 4.90 Å². The summed E-state index contributed by atoms with van der Waals surface area (Å²) in [5, 5.41) is 0.482. The van der Waals surface area contributed by atoms with Gasteiger partial charge in [0.05, 0.1) is 10.6 Å². The number of halogens is 4. The molecule has 2 aromatic rings. The molecule has 6 nitrogen and oxygen atoms in total. The predicted molar refractivity (Wildman–Crippen MR) is 125 cm³/mol. The number of sulfonamides is 1. The minimum Gasteiger partial charge on any atom is -0.368 e. The van der Waals surface area contributed by atoms with Crippen LogP contribution < -0.4 is 9.21 Å². The van der Waals surface area contributed by atoms with Crippen molar-refractivity contribution in [1.82, 2.24) is 4.90 Å². The first kappa shape index (κ1) is 22.8. The normalized spacial score (nSPS) is 17.1. The van der Waals surface area contributed by atoms with Gasteiger partial charge in [-0.05, 0) is 42.8 Å². The number of nitrogens with zero attached hydrogens (tertiary/aromatic N) is 3. The molecule has 0 atom stereocenters. The van der Waals surface area contributed by atoms with Crippen LogP contribution in [0.1, 0.15) is 5.56 Å². The largest absolute Gasteiger partial charge is 0.368 e. The molecule has 31 heavy (non-hydrogen) atoms. The molecule has 2 aliphatic rings. The molecular formula is C20H19Cl4N3O3S. The standard InChI is InChI=1S/C20H19Cl4N3O3S/c21-14-4-6-15(7-5-14)31(29,30)27-9-8-16-17(2-1-3-18(16)27)25-10-12-26(13-11-25)19(28)20(22,23)24/h1-7H,8-13H2. The lowest BCUT2D eigenvalue weighted by Gasteiger charge is -2.38. The third-order valence-electron chi connectivity index (χ3n) is 5.51. The highest BCUT2D eigenvalue weighted by atomic mass is 35.6. The number of alkyl halides is 3. The lowest BCUT2D eigenvalue weighted by Crippen LogP contribution is -2.52. The van der Waals surface area contributed by atoms with E-state index in [-0.39, 0.29) is 4.90 Å². The van der Waals surface area contributed by atoms with Crippen LogP contribution in [0.3, 0.4) is 0 Å². The molecule has 1 amide bonds. The molecule has 0 N–H and O–H groups in total. The number of hydrogen-bond donors (Lipinski definition) is 0. The van der Waals surface area contributed by atoms with Crippen molar-refractivity contribution in [2.24, 2.45) is 0 Å². The monoisotopic (exact) mass is 521 g/mol. The average Bonchev–Trinajstić information content (AvgIpc) is 3.18. The number of fused-ring (bicyclic) bond motifs is 1. The number of rotatable bonds is 3. The Morgan fingerprint density at radius 3 is 2.10 bits per heavy atom. The fraction of sp³-hybridized carbons (Fsp3) is 0.350. The van der Waals surface area contributed by atoms with E-state index in [1.807, 2.05) is 18.2 Å². The highest BCUT2D eigenvalue weighted by Gasteiger charge is 2.37. The van der Waals surface area contributed by atoms with Crippen LogP contribution in [0.25, 0.3) is 0 Å². The Morgan fingerprint density at radius 1 is 0.871 bits per heavy atom. The molecule has 0 aromatic heterocycles. The van der Waals surface area contributed by atoms with E-state index in [1.54, 1.807) is 12.1 Å². The van der Waals surface area contributed by atoms with Crippen LogP contribution in [0.4, 0.5) is 11.4 Å². The van der Waals surface area contributed by atoms with Crippen molar-refractivity contribution in [3.63, 3.8) is 0 Å². The minimum atomic E-state index is -3.69. The zero-order valence-electron chi connectivity index (χ0n) is 16.3. The first-order chi connectivity index (χ1) is 14.6. The number of hydrogen-bond acceptors (Lipinski definition) is 4. The second kappa shape index (κ2) is 8.52. The number of anilines is 2. The van der Waals surface area contributed by atoms with Crippen LogP contribution in [0.2, 0.25) is 5.02 Å². The molecule has 0 bridgehead atoms. The highest BCUT2D eigenvalue weighted by molar-refractivity contribution is 7.92. The van der Waals surface area contributed by atoms with E-state index in [0.717, 1.165) is 11.3 Å². The molecule has 0 unspecified atom stereocenters. The molecule has 0 radical (unpaired) electrons. The van der Waals surface area contributed by atoms with Crippen molar-refractivity contribution in [3.8, 4) is 0 Å². The van der Waals surface area contributed by atoms with Gasteiger partial charge in [-0.3, -0.25) is 9.10 Å². The third kappa shape index (κ3) is 4.44. The van der Waals surface area contributed by atoms with E-state index >= 15 is 0 Å². The topological polar surface area (TPSA) is 60.9 Å². The van der Waals surface area contributed by atoms with Gasteiger partial charge in [-0.15, -0.1) is 0 Å². The zero-order chi connectivity index (χ0) is 22.4. The summed E-state index contributed by atoms with van der Waals surface area (Å²) in [6.45, 7) is 2.33. The van der Waals surface area contributed by atoms with Crippen molar-refractivity contribution in [1.29, 1.82) is 0 Å². The first-order valence-electron chi connectivity index (χ1n) is 9.60. The molecule has 2 aliphatic heterocycles. The number of benzene rings is 2. The maximum absolute atomic E-state index is 13.2. The molecule has 0 aliphatic carbocycles. The highest BCUT2D eigenvalue weighted by Crippen LogP contribution is 2.39. The summed E-state index contributed by atoms with van der Waals surface area (Å²) in [6.07, 6.45) is 0.603. The van der Waals surface area contributed by atoms with Gasteiger partial charge in [0.1, 0.15) is 0 Å². The lowest BCUT2D eigenvalue weighted by atomic mass is 10.1. The first-order valence-corrected chi connectivity index (χ1v) is 12.6. The summed E-state index contributed by atoms with van der Waals surface area (Å²) in [7, 11) is -3.69. The molecule has 1 saturated heterocycles. The minimum absolute atomic E-state index is 0.203. The smallest absolute Gasteiger partial charge is 0.274 e. The zero-order valence-corrected chi connectivity index (χ0v) is 20.1. The Hall–Kier alpha value is -1.38. The molecular weight excluding hydrogens is 504 g/mol. The van der Waals surface area contributed by atoms with Gasteiger partial charge >= 0.3 is 0 Å². The Balaban J connectivity index is 1.56. The Morgan fingerprint density at radius 2 is 1.48 bits per heavy atom. The Labute approximate surface area is 201 Å². The quantitative estimate of drug-likeness (QED) is 0.569. The van der Waals surface area contributed by atoms with Gasteiger partial charge in [0.15, 0.2) is 0 Å². The van der Waals surface area contributed by atoms with Crippen LogP contribution >= 0.6 is 46.4 Å². The van der Waals surface area contributed by atoms with Crippen LogP contribution in [-0.2, 0) is 21.2 Å². The number of piperazine rings is 1. The summed E-state index contributed by atoms with van der Waals surface area (Å²) in [5.74, 6) is -0.532. The van der Waals surface area contributed by atoms with Crippen LogP contribution in [0, 0.1) is 0 Å². The molecule has 2 heterocycles. The van der Waals surface area contributed by atoms with Gasteiger partial charge < -0.3 is 9.80 Å². The van der Waals surface area contributed by atoms with Gasteiger partial charge in [-0.1, -0.05) is 52.5 Å². The van der Waals surface area contributed by atoms with Crippen molar-refractivity contribution in [3.05, 3.63) is 53.1 Å². The van der Waals surface area contributed by atoms with Gasteiger partial charge in [0.25, 0.3) is 19.7 Å². The van der Waals surface area contributed by atoms with Gasteiger partial charge in [0, 0.05) is 49.0 Å². The molecule has 1 fully saturated rings. The molecule has 0 saturated carbocycles. The van der Waals surface area contributed by atoms with E-state index in [9.17, 15) is 13.2 Å². The number of carbonyl (C=O) groups is 1. The van der Waals surface area contributed by atoms with E-state index in [1.165, 1.54) is 21.3 Å². The molecule has 166 valence electrons. The van der Waals surface area contributed by atoms with Crippen molar-refractivity contribution >= 4 is 73.7 Å². The van der Waals surface area contributed by atoms with Crippen molar-refractivity contribution in [2.45, 2.75) is 15.1 Å². The average molecular weight is 523 g/mol. The van der Waals surface area contributed by atoms with Crippen LogP contribution in [0.15, 0.2) is 47.4 Å². The summed E-state index contributed by atoms with van der Waals surface area (Å²) in [4.78, 5) is 16.1. The molecule has 4 rings (SSSR count). The second-order valence-electron chi connectivity index (χ2n) is 7.33. The van der Waals surface area contributed by atoms with Crippen molar-refractivity contribution < 1.29 is 13.2 Å². The van der Waals surface area contributed by atoms with E-state index < -0.39 is 19.7 Å². The molecule has 11 heteroatoms. The maximum Gasteiger partial charge on any atom is 0.274 e.